The second kappa shape index (κ2) is 6.23. The van der Waals surface area contributed by atoms with Gasteiger partial charge in [-0.3, -0.25) is 9.10 Å². The second-order valence-electron chi connectivity index (χ2n) is 4.22. The van der Waals surface area contributed by atoms with Gasteiger partial charge in [-0.2, -0.15) is 0 Å². The first-order chi connectivity index (χ1) is 9.70. The number of hydrogen-bond acceptors (Lipinski definition) is 5. The van der Waals surface area contributed by atoms with Gasteiger partial charge in [0, 0.05) is 13.0 Å². The molecular weight excluding hydrogens is 296 g/mol. The van der Waals surface area contributed by atoms with Gasteiger partial charge in [-0.25, -0.2) is 8.42 Å². The highest BCUT2D eigenvalue weighted by Crippen LogP contribution is 2.39. The summed E-state index contributed by atoms with van der Waals surface area (Å²) in [7, 11) is -3.67. The summed E-state index contributed by atoms with van der Waals surface area (Å²) in [6.07, 6.45) is 2.32. The molecule has 2 N–H and O–H groups in total. The standard InChI is InChI=1S/C12H14N4O4S/c1-4-5-16(21(3,19)20)11-7-12(18)10(14-8(2)17)6-9(11)15-13/h4,6-7,13H,1,5H2,2-3H3/p+1. The van der Waals surface area contributed by atoms with Gasteiger partial charge in [0.05, 0.1) is 24.6 Å². The highest BCUT2D eigenvalue weighted by Gasteiger charge is 2.28. The number of anilines is 2. The molecule has 1 amide bonds. The Morgan fingerprint density at radius 3 is 2.62 bits per heavy atom. The van der Waals surface area contributed by atoms with Crippen molar-refractivity contribution in [2.24, 2.45) is 0 Å². The van der Waals surface area contributed by atoms with Gasteiger partial charge in [0.15, 0.2) is 10.7 Å². The summed E-state index contributed by atoms with van der Waals surface area (Å²) in [4.78, 5) is 14.0. The molecule has 0 saturated heterocycles. The van der Waals surface area contributed by atoms with Crippen LogP contribution in [0.4, 0.5) is 17.1 Å². The Labute approximate surface area is 122 Å². The minimum Gasteiger partial charge on any atom is -0.506 e. The fraction of sp³-hybridized carbons (Fsp3) is 0.250. The maximum absolute atomic E-state index is 11.8. The van der Waals surface area contributed by atoms with Crippen LogP contribution in [-0.4, -0.2) is 32.2 Å². The van der Waals surface area contributed by atoms with Crippen LogP contribution in [0.15, 0.2) is 24.8 Å². The molecule has 0 unspecified atom stereocenters. The maximum atomic E-state index is 11.8. The van der Waals surface area contributed by atoms with Crippen LogP contribution in [0.2, 0.25) is 0 Å². The van der Waals surface area contributed by atoms with Crippen molar-refractivity contribution in [2.45, 2.75) is 6.92 Å². The minimum atomic E-state index is -3.67. The highest BCUT2D eigenvalue weighted by molar-refractivity contribution is 7.92. The summed E-state index contributed by atoms with van der Waals surface area (Å²) >= 11 is 0. The fourth-order valence-corrected chi connectivity index (χ4v) is 2.54. The number of sulfonamides is 1. The highest BCUT2D eigenvalue weighted by atomic mass is 32.2. The normalized spacial score (nSPS) is 10.5. The lowest BCUT2D eigenvalue weighted by Gasteiger charge is -2.19. The molecule has 0 aliphatic heterocycles. The van der Waals surface area contributed by atoms with E-state index >= 15 is 0 Å². The quantitative estimate of drug-likeness (QED) is 0.488. The van der Waals surface area contributed by atoms with Crippen molar-refractivity contribution >= 4 is 33.0 Å². The topological polar surface area (TPSA) is 115 Å². The Bertz CT molecular complexity index is 722. The number of rotatable bonds is 5. The third-order valence-electron chi connectivity index (χ3n) is 2.48. The number of benzene rings is 1. The van der Waals surface area contributed by atoms with E-state index in [1.54, 1.807) is 0 Å². The Hall–Kier alpha value is -2.60. The monoisotopic (exact) mass is 311 g/mol. The molecule has 21 heavy (non-hydrogen) atoms. The number of amides is 1. The molecule has 0 atom stereocenters. The predicted octanol–water partition coefficient (Wildman–Crippen LogP) is 1.79. The summed E-state index contributed by atoms with van der Waals surface area (Å²) < 4.78 is 24.4. The molecule has 0 aromatic heterocycles. The molecule has 9 heteroatoms. The van der Waals surface area contributed by atoms with E-state index < -0.39 is 15.9 Å². The van der Waals surface area contributed by atoms with Gasteiger partial charge < -0.3 is 10.4 Å². The molecule has 0 radical (unpaired) electrons. The Morgan fingerprint density at radius 1 is 1.57 bits per heavy atom. The first-order valence-electron chi connectivity index (χ1n) is 5.79. The van der Waals surface area contributed by atoms with Crippen LogP contribution in [-0.2, 0) is 14.8 Å². The van der Waals surface area contributed by atoms with Crippen LogP contribution >= 0.6 is 0 Å². The van der Waals surface area contributed by atoms with Crippen molar-refractivity contribution in [3.05, 3.63) is 29.8 Å². The summed E-state index contributed by atoms with van der Waals surface area (Å²) in [6, 6.07) is 2.25. The lowest BCUT2D eigenvalue weighted by atomic mass is 10.2. The average molecular weight is 311 g/mol. The summed E-state index contributed by atoms with van der Waals surface area (Å²) in [5, 5.41) is 21.2. The smallest absolute Gasteiger partial charge is 0.411 e. The molecule has 1 aromatic rings. The summed E-state index contributed by atoms with van der Waals surface area (Å²) in [6.45, 7) is 4.63. The van der Waals surface area contributed by atoms with Crippen LogP contribution in [0.3, 0.4) is 0 Å². The molecule has 0 spiro atoms. The van der Waals surface area contributed by atoms with Gasteiger partial charge in [0.1, 0.15) is 5.75 Å². The number of phenolic OH excluding ortho intramolecular Hbond substituents is 1. The van der Waals surface area contributed by atoms with E-state index in [0.29, 0.717) is 0 Å². The first kappa shape index (κ1) is 16.5. The van der Waals surface area contributed by atoms with Crippen molar-refractivity contribution in [1.82, 2.24) is 0 Å². The minimum absolute atomic E-state index is 0.00565. The van der Waals surface area contributed by atoms with Gasteiger partial charge >= 0.3 is 5.69 Å². The molecule has 1 rings (SSSR count). The Kier molecular flexibility index (Phi) is 4.88. The van der Waals surface area contributed by atoms with Crippen LogP contribution in [0, 0.1) is 5.39 Å². The molecule has 8 nitrogen and oxygen atoms in total. The molecular formula is C12H15N4O4S+. The van der Waals surface area contributed by atoms with E-state index in [1.807, 2.05) is 0 Å². The van der Waals surface area contributed by atoms with Gasteiger partial charge in [-0.15, -0.1) is 6.58 Å². The number of diazo groups is 1. The number of nitrogens with one attached hydrogen (secondary N) is 1. The fourth-order valence-electron chi connectivity index (χ4n) is 1.67. The van der Waals surface area contributed by atoms with E-state index in [1.165, 1.54) is 13.0 Å². The van der Waals surface area contributed by atoms with Crippen LogP contribution < -0.4 is 9.62 Å². The molecule has 0 aliphatic rings. The Balaban J connectivity index is 3.49. The molecule has 112 valence electrons. The van der Waals surface area contributed by atoms with Crippen molar-refractivity contribution in [3.8, 4) is 5.75 Å². The molecule has 0 saturated carbocycles. The molecule has 0 fully saturated rings. The zero-order chi connectivity index (χ0) is 16.2. The van der Waals surface area contributed by atoms with E-state index in [2.05, 4.69) is 16.9 Å². The zero-order valence-corrected chi connectivity index (χ0v) is 12.4. The summed E-state index contributed by atoms with van der Waals surface area (Å²) in [5.74, 6) is -0.793. The van der Waals surface area contributed by atoms with Crippen molar-refractivity contribution in [3.63, 3.8) is 0 Å². The van der Waals surface area contributed by atoms with Gasteiger partial charge in [-0.05, 0) is 0 Å². The predicted molar refractivity (Wildman–Crippen MR) is 79.5 cm³/mol. The van der Waals surface area contributed by atoms with Crippen molar-refractivity contribution in [1.29, 1.82) is 5.39 Å². The number of carbonyl (C=O) groups excluding carboxylic acids is 1. The number of hydrogen-bond donors (Lipinski definition) is 2. The van der Waals surface area contributed by atoms with E-state index in [4.69, 9.17) is 5.39 Å². The molecule has 1 aromatic carbocycles. The number of aromatic hydroxyl groups is 1. The number of phenols is 1. The number of carbonyl (C=O) groups is 1. The van der Waals surface area contributed by atoms with Gasteiger partial charge in [0.2, 0.25) is 21.3 Å². The first-order valence-corrected chi connectivity index (χ1v) is 7.63. The lowest BCUT2D eigenvalue weighted by molar-refractivity contribution is -0.114. The third kappa shape index (κ3) is 3.93. The van der Waals surface area contributed by atoms with Crippen molar-refractivity contribution < 1.29 is 18.3 Å². The van der Waals surface area contributed by atoms with E-state index in [0.717, 1.165) is 22.7 Å². The zero-order valence-electron chi connectivity index (χ0n) is 11.6. The lowest BCUT2D eigenvalue weighted by Crippen LogP contribution is -2.29. The average Bonchev–Trinajstić information content (AvgIpc) is 2.36. The van der Waals surface area contributed by atoms with Crippen molar-refractivity contribution in [2.75, 3.05) is 22.4 Å². The van der Waals surface area contributed by atoms with Crippen LogP contribution in [0.5, 0.6) is 5.75 Å². The Morgan fingerprint density at radius 2 is 2.19 bits per heavy atom. The van der Waals surface area contributed by atoms with E-state index in [-0.39, 0.29) is 29.4 Å². The third-order valence-corrected chi connectivity index (χ3v) is 3.62. The second-order valence-corrected chi connectivity index (χ2v) is 6.13. The van der Waals surface area contributed by atoms with Crippen LogP contribution in [0.1, 0.15) is 6.92 Å². The largest absolute Gasteiger partial charge is 0.506 e. The molecule has 0 aliphatic carbocycles. The van der Waals surface area contributed by atoms with Gasteiger partial charge in [-0.1, -0.05) is 6.08 Å². The van der Waals surface area contributed by atoms with Gasteiger partial charge in [0.25, 0.3) is 0 Å². The van der Waals surface area contributed by atoms with E-state index in [9.17, 15) is 18.3 Å². The molecule has 0 heterocycles. The maximum Gasteiger partial charge on any atom is 0.411 e. The number of nitrogens with zero attached hydrogens (tertiary/aromatic N) is 3. The SMILES string of the molecule is C=CCN(c1cc(O)c(NC(C)=O)cc1[N+]#N)S(C)(=O)=O. The molecule has 0 bridgehead atoms. The van der Waals surface area contributed by atoms with Crippen LogP contribution in [0.25, 0.3) is 4.98 Å². The summed E-state index contributed by atoms with van der Waals surface area (Å²) in [5.41, 5.74) is -0.151.